The molecule has 10 heteroatoms. The third-order valence-corrected chi connectivity index (χ3v) is 6.67. The lowest BCUT2D eigenvalue weighted by molar-refractivity contribution is -0.384. The molecule has 1 amide bonds. The Morgan fingerprint density at radius 1 is 1.25 bits per heavy atom. The fourth-order valence-electron chi connectivity index (χ4n) is 4.20. The Hall–Kier alpha value is -3.63. The average Bonchev–Trinajstić information content (AvgIpc) is 3.05. The van der Waals surface area contributed by atoms with Crippen molar-refractivity contribution in [3.8, 4) is 0 Å². The van der Waals surface area contributed by atoms with Gasteiger partial charge in [-0.15, -0.1) is 5.11 Å². The molecule has 192 valence electrons. The standard InChI is InChI=1S/C26H33N5O5/c1-17-26(2,3)21-14-20(9-11-23(21)30(17)4)28-29-22-10-8-19(13-24(22)31(35)36)25(34)27-12-6-5-7-18(15-32)16-33/h8-11,13-14,18,32-33H,1,5-7,12,15-16H2,2-4H3,(H,27,34)/i32D. The van der Waals surface area contributed by atoms with Gasteiger partial charge in [-0.1, -0.05) is 26.8 Å². The van der Waals surface area contributed by atoms with Crippen LogP contribution in [0.3, 0.4) is 0 Å². The number of amides is 1. The van der Waals surface area contributed by atoms with Crippen LogP contribution in [-0.4, -0.2) is 49.3 Å². The summed E-state index contributed by atoms with van der Waals surface area (Å²) >= 11 is 0. The van der Waals surface area contributed by atoms with Crippen LogP contribution >= 0.6 is 0 Å². The first-order chi connectivity index (χ1) is 17.6. The lowest BCUT2D eigenvalue weighted by atomic mass is 9.84. The highest BCUT2D eigenvalue weighted by atomic mass is 16.6. The highest BCUT2D eigenvalue weighted by molar-refractivity contribution is 5.95. The molecule has 1 aliphatic heterocycles. The van der Waals surface area contributed by atoms with E-state index in [9.17, 15) is 20.0 Å². The predicted molar refractivity (Wildman–Crippen MR) is 138 cm³/mol. The van der Waals surface area contributed by atoms with Gasteiger partial charge in [-0.05, 0) is 48.7 Å². The number of carbonyl (C=O) groups is 1. The highest BCUT2D eigenvalue weighted by Crippen LogP contribution is 2.47. The molecule has 3 N–H and O–H groups in total. The number of hydrogen-bond acceptors (Lipinski definition) is 8. The van der Waals surface area contributed by atoms with E-state index in [4.69, 9.17) is 1.43 Å². The molecule has 1 heterocycles. The number of rotatable bonds is 12. The number of aliphatic hydroxyl groups excluding tert-OH is 2. The van der Waals surface area contributed by atoms with Crippen LogP contribution in [0.2, 0.25) is 0 Å². The first-order valence-corrected chi connectivity index (χ1v) is 11.8. The molecule has 2 aromatic rings. The summed E-state index contributed by atoms with van der Waals surface area (Å²) in [6, 6.07) is 9.72. The van der Waals surface area contributed by atoms with Crippen LogP contribution in [0.25, 0.3) is 0 Å². The molecule has 10 nitrogen and oxygen atoms in total. The number of nitrogens with zero attached hydrogens (tertiary/aromatic N) is 4. The Bertz CT molecular complexity index is 1200. The molecule has 0 saturated heterocycles. The Kier molecular flexibility index (Phi) is 8.07. The summed E-state index contributed by atoms with van der Waals surface area (Å²) in [5.74, 6) is -0.536. The van der Waals surface area contributed by atoms with Crippen LogP contribution < -0.4 is 10.2 Å². The van der Waals surface area contributed by atoms with E-state index in [2.05, 4.69) is 41.1 Å². The molecule has 0 aliphatic carbocycles. The lowest BCUT2D eigenvalue weighted by Crippen LogP contribution is -2.24. The van der Waals surface area contributed by atoms with Crippen molar-refractivity contribution in [1.29, 1.82) is 1.43 Å². The topological polar surface area (TPSA) is 141 Å². The van der Waals surface area contributed by atoms with Gasteiger partial charge in [0.25, 0.3) is 11.6 Å². The van der Waals surface area contributed by atoms with Gasteiger partial charge in [-0.25, -0.2) is 0 Å². The van der Waals surface area contributed by atoms with Gasteiger partial charge in [0, 0.05) is 61.2 Å². The predicted octanol–water partition coefficient (Wildman–Crippen LogP) is 4.75. The fourth-order valence-corrected chi connectivity index (χ4v) is 4.20. The number of benzene rings is 2. The number of anilines is 1. The Balaban J connectivity index is 1.67. The molecular weight excluding hydrogens is 462 g/mol. The largest absolute Gasteiger partial charge is 0.396 e. The van der Waals surface area contributed by atoms with Crippen molar-refractivity contribution in [2.24, 2.45) is 16.1 Å². The quantitative estimate of drug-likeness (QED) is 0.168. The minimum absolute atomic E-state index is 0.0505. The van der Waals surface area contributed by atoms with E-state index in [1.807, 2.05) is 24.1 Å². The number of unbranched alkanes of at least 4 members (excludes halogenated alkanes) is 1. The second-order valence-electron chi connectivity index (χ2n) is 9.46. The molecule has 0 bridgehead atoms. The number of nitro groups is 1. The third-order valence-electron chi connectivity index (χ3n) is 6.67. The molecule has 0 radical (unpaired) electrons. The van der Waals surface area contributed by atoms with Gasteiger partial charge in [0.1, 0.15) is 0 Å². The number of azo groups is 1. The molecule has 0 fully saturated rings. The van der Waals surface area contributed by atoms with Gasteiger partial charge in [0.2, 0.25) is 1.43 Å². The maximum atomic E-state index is 12.5. The zero-order valence-electron chi connectivity index (χ0n) is 21.9. The highest BCUT2D eigenvalue weighted by Gasteiger charge is 2.37. The van der Waals surface area contributed by atoms with Gasteiger partial charge in [-0.3, -0.25) is 14.9 Å². The number of nitro benzene ring substituents is 1. The summed E-state index contributed by atoms with van der Waals surface area (Å²) in [6.45, 7) is 8.80. The van der Waals surface area contributed by atoms with Crippen molar-refractivity contribution in [3.05, 3.63) is 69.9 Å². The van der Waals surface area contributed by atoms with E-state index in [1.165, 1.54) is 18.2 Å². The second-order valence-corrected chi connectivity index (χ2v) is 9.46. The van der Waals surface area contributed by atoms with Crippen LogP contribution in [0.15, 0.2) is 58.9 Å². The Morgan fingerprint density at radius 3 is 2.72 bits per heavy atom. The number of fused-ring (bicyclic) bond motifs is 1. The normalized spacial score (nSPS) is 15.6. The summed E-state index contributed by atoms with van der Waals surface area (Å²) in [6.07, 6.45) is 2.07. The number of likely N-dealkylation sites (N-methyl/N-ethyl adjacent to an activating group) is 1. The van der Waals surface area contributed by atoms with Crippen LogP contribution in [0.1, 0.15) is 49.0 Å². The van der Waals surface area contributed by atoms with Crippen molar-refractivity contribution >= 4 is 28.7 Å². The zero-order chi connectivity index (χ0) is 27.2. The minimum Gasteiger partial charge on any atom is -0.396 e. The molecule has 1 unspecified atom stereocenters. The third kappa shape index (κ3) is 5.77. The summed E-state index contributed by atoms with van der Waals surface area (Å²) in [5, 5.41) is 36.3. The average molecular weight is 497 g/mol. The second kappa shape index (κ2) is 11.4. The van der Waals surface area contributed by atoms with Crippen LogP contribution in [-0.2, 0) is 5.41 Å². The Morgan fingerprint density at radius 2 is 2.03 bits per heavy atom. The molecule has 1 aliphatic rings. The van der Waals surface area contributed by atoms with E-state index >= 15 is 0 Å². The van der Waals surface area contributed by atoms with Crippen molar-refractivity contribution in [2.75, 3.05) is 31.7 Å². The fraction of sp³-hybridized carbons (Fsp3) is 0.423. The maximum absolute atomic E-state index is 12.5. The van der Waals surface area contributed by atoms with Gasteiger partial charge >= 0.3 is 0 Å². The number of hydrogen-bond donors (Lipinski definition) is 3. The smallest absolute Gasteiger partial charge is 0.297 e. The number of aliphatic hydroxyl groups is 2. The molecule has 0 spiro atoms. The summed E-state index contributed by atoms with van der Waals surface area (Å²) in [5.41, 5.74) is 3.23. The minimum atomic E-state index is -0.584. The van der Waals surface area contributed by atoms with Gasteiger partial charge in [0.05, 0.1) is 10.6 Å². The van der Waals surface area contributed by atoms with Gasteiger partial charge in [0.15, 0.2) is 5.69 Å². The van der Waals surface area contributed by atoms with E-state index in [-0.39, 0.29) is 41.5 Å². The Labute approximate surface area is 212 Å². The maximum Gasteiger partial charge on any atom is 0.297 e. The summed E-state index contributed by atoms with van der Waals surface area (Å²) in [4.78, 5) is 25.6. The first-order valence-electron chi connectivity index (χ1n) is 12.3. The molecule has 0 saturated carbocycles. The molecule has 36 heavy (non-hydrogen) atoms. The van der Waals surface area contributed by atoms with Crippen molar-refractivity contribution in [3.63, 3.8) is 0 Å². The van der Waals surface area contributed by atoms with E-state index in [0.717, 1.165) is 23.4 Å². The molecule has 2 aromatic carbocycles. The molecule has 1 atom stereocenters. The van der Waals surface area contributed by atoms with Crippen LogP contribution in [0.5, 0.6) is 0 Å². The van der Waals surface area contributed by atoms with Crippen molar-refractivity contribution in [1.82, 2.24) is 5.32 Å². The van der Waals surface area contributed by atoms with Crippen molar-refractivity contribution in [2.45, 2.75) is 38.5 Å². The number of nitrogens with one attached hydrogen (secondary N) is 1. The molecule has 3 rings (SSSR count). The SMILES string of the molecule is [2H]OCC(CO)CCCCNC(=O)c1ccc(N=Nc2ccc3c(c2)C(C)(C)C(=C)N3C)c([N+](=O)[O-])c1. The number of allylic oxidation sites excluding steroid dienone is 1. The molecule has 0 aromatic heterocycles. The van der Waals surface area contributed by atoms with Crippen LogP contribution in [0.4, 0.5) is 22.7 Å². The summed E-state index contributed by atoms with van der Waals surface area (Å²) in [7, 11) is 1.96. The van der Waals surface area contributed by atoms with Gasteiger partial charge < -0.3 is 20.4 Å². The number of carbonyl (C=O) groups excluding carboxylic acids is 1. The zero-order valence-corrected chi connectivity index (χ0v) is 20.9. The van der Waals surface area contributed by atoms with Crippen LogP contribution in [0, 0.1) is 16.0 Å². The first kappa shape index (κ1) is 25.5. The van der Waals surface area contributed by atoms with E-state index in [1.54, 1.807) is 6.07 Å². The lowest BCUT2D eigenvalue weighted by Gasteiger charge is -2.22. The monoisotopic (exact) mass is 496 g/mol. The van der Waals surface area contributed by atoms with Crippen molar-refractivity contribution < 1.29 is 19.9 Å². The van der Waals surface area contributed by atoms with E-state index in [0.29, 0.717) is 25.1 Å². The van der Waals surface area contributed by atoms with E-state index < -0.39 is 10.8 Å². The molecular formula is C26H33N5O5. The summed E-state index contributed by atoms with van der Waals surface area (Å²) < 4.78 is 6.76. The van der Waals surface area contributed by atoms with Gasteiger partial charge in [-0.2, -0.15) is 5.11 Å².